The lowest BCUT2D eigenvalue weighted by atomic mass is 10.0. The van der Waals surface area contributed by atoms with Crippen molar-refractivity contribution in [2.75, 3.05) is 6.61 Å². The summed E-state index contributed by atoms with van der Waals surface area (Å²) in [5.41, 5.74) is 5.76. The van der Waals surface area contributed by atoms with Gasteiger partial charge in [0.15, 0.2) is 5.82 Å². The van der Waals surface area contributed by atoms with Gasteiger partial charge in [-0.15, -0.1) is 0 Å². The fourth-order valence-electron chi connectivity index (χ4n) is 1.94. The normalized spacial score (nSPS) is 18.7. The molecule has 1 aliphatic rings. The van der Waals surface area contributed by atoms with Crippen molar-refractivity contribution in [3.05, 3.63) is 23.1 Å². The first-order chi connectivity index (χ1) is 7.59. The number of rotatable bonds is 3. The second kappa shape index (κ2) is 4.55. The van der Waals surface area contributed by atoms with Crippen LogP contribution in [0.1, 0.15) is 25.7 Å². The minimum atomic E-state index is -0.547. The van der Waals surface area contributed by atoms with Gasteiger partial charge in [-0.1, -0.05) is 24.4 Å². The molecule has 16 heavy (non-hydrogen) atoms. The summed E-state index contributed by atoms with van der Waals surface area (Å²) in [6.07, 6.45) is 5.41. The SMILES string of the molecule is NC1(COc2ncc(Cl)cc2F)CCCC1. The minimum Gasteiger partial charge on any atom is -0.474 e. The molecule has 1 aliphatic carbocycles. The van der Waals surface area contributed by atoms with Crippen LogP contribution in [0.4, 0.5) is 4.39 Å². The second-order valence-electron chi connectivity index (χ2n) is 4.30. The highest BCUT2D eigenvalue weighted by molar-refractivity contribution is 6.30. The van der Waals surface area contributed by atoms with Gasteiger partial charge in [0.25, 0.3) is 5.88 Å². The molecular formula is C11H14ClFN2O. The molecule has 1 saturated carbocycles. The van der Waals surface area contributed by atoms with Crippen molar-refractivity contribution >= 4 is 11.6 Å². The Bertz CT molecular complexity index is 380. The summed E-state index contributed by atoms with van der Waals surface area (Å²) < 4.78 is 18.6. The van der Waals surface area contributed by atoms with Gasteiger partial charge in [0.2, 0.25) is 0 Å². The summed E-state index contributed by atoms with van der Waals surface area (Å²) in [5.74, 6) is -0.574. The van der Waals surface area contributed by atoms with Crippen LogP contribution in [0.5, 0.6) is 5.88 Å². The average molecular weight is 245 g/mol. The predicted octanol–water partition coefficient (Wildman–Crippen LogP) is 2.52. The van der Waals surface area contributed by atoms with Crippen LogP contribution in [0.2, 0.25) is 5.02 Å². The van der Waals surface area contributed by atoms with Crippen LogP contribution in [-0.4, -0.2) is 17.1 Å². The summed E-state index contributed by atoms with van der Waals surface area (Å²) in [6, 6.07) is 1.18. The summed E-state index contributed by atoms with van der Waals surface area (Å²) in [7, 11) is 0. The Labute approximate surface area is 98.8 Å². The lowest BCUT2D eigenvalue weighted by Gasteiger charge is -2.23. The molecule has 0 aromatic carbocycles. The van der Waals surface area contributed by atoms with Gasteiger partial charge in [0.05, 0.1) is 10.6 Å². The molecule has 0 atom stereocenters. The van der Waals surface area contributed by atoms with Gasteiger partial charge >= 0.3 is 0 Å². The number of pyridine rings is 1. The number of nitrogens with two attached hydrogens (primary N) is 1. The molecule has 1 fully saturated rings. The first-order valence-corrected chi connectivity index (χ1v) is 5.70. The van der Waals surface area contributed by atoms with Gasteiger partial charge in [0.1, 0.15) is 6.61 Å². The van der Waals surface area contributed by atoms with Gasteiger partial charge in [-0.05, 0) is 18.9 Å². The van der Waals surface area contributed by atoms with E-state index in [1.165, 1.54) is 12.3 Å². The Morgan fingerprint density at radius 3 is 2.81 bits per heavy atom. The van der Waals surface area contributed by atoms with Crippen molar-refractivity contribution in [1.29, 1.82) is 0 Å². The number of nitrogens with zero attached hydrogens (tertiary/aromatic N) is 1. The molecule has 5 heteroatoms. The first kappa shape index (κ1) is 11.6. The Hall–Kier alpha value is -0.870. The summed E-state index contributed by atoms with van der Waals surface area (Å²) in [5, 5.41) is 0.258. The van der Waals surface area contributed by atoms with E-state index in [0.29, 0.717) is 6.61 Å². The fraction of sp³-hybridized carbons (Fsp3) is 0.545. The highest BCUT2D eigenvalue weighted by Gasteiger charge is 2.30. The maximum Gasteiger partial charge on any atom is 0.250 e. The van der Waals surface area contributed by atoms with Crippen LogP contribution in [0.15, 0.2) is 12.3 Å². The molecule has 0 bridgehead atoms. The van der Waals surface area contributed by atoms with Crippen molar-refractivity contribution in [2.24, 2.45) is 5.73 Å². The third kappa shape index (κ3) is 2.62. The van der Waals surface area contributed by atoms with Crippen molar-refractivity contribution in [1.82, 2.24) is 4.98 Å². The zero-order chi connectivity index (χ0) is 11.6. The van der Waals surface area contributed by atoms with E-state index in [1.807, 2.05) is 0 Å². The largest absolute Gasteiger partial charge is 0.474 e. The van der Waals surface area contributed by atoms with Crippen LogP contribution in [-0.2, 0) is 0 Å². The second-order valence-corrected chi connectivity index (χ2v) is 4.74. The van der Waals surface area contributed by atoms with Crippen LogP contribution >= 0.6 is 11.6 Å². The number of hydrogen-bond donors (Lipinski definition) is 1. The van der Waals surface area contributed by atoms with E-state index in [-0.39, 0.29) is 16.4 Å². The Morgan fingerprint density at radius 2 is 2.19 bits per heavy atom. The van der Waals surface area contributed by atoms with E-state index in [4.69, 9.17) is 22.1 Å². The molecule has 2 rings (SSSR count). The molecule has 0 radical (unpaired) electrons. The number of ether oxygens (including phenoxy) is 1. The highest BCUT2D eigenvalue weighted by atomic mass is 35.5. The van der Waals surface area contributed by atoms with Crippen molar-refractivity contribution in [2.45, 2.75) is 31.2 Å². The van der Waals surface area contributed by atoms with Gasteiger partial charge in [-0.2, -0.15) is 0 Å². The van der Waals surface area contributed by atoms with Crippen molar-refractivity contribution < 1.29 is 9.13 Å². The molecule has 2 N–H and O–H groups in total. The molecule has 0 unspecified atom stereocenters. The van der Waals surface area contributed by atoms with Gasteiger partial charge < -0.3 is 10.5 Å². The summed E-state index contributed by atoms with van der Waals surface area (Å²) in [6.45, 7) is 0.304. The maximum atomic E-state index is 13.3. The highest BCUT2D eigenvalue weighted by Crippen LogP contribution is 2.28. The van der Waals surface area contributed by atoms with E-state index in [0.717, 1.165) is 25.7 Å². The lowest BCUT2D eigenvalue weighted by molar-refractivity contribution is 0.205. The zero-order valence-corrected chi connectivity index (χ0v) is 9.63. The first-order valence-electron chi connectivity index (χ1n) is 5.32. The molecule has 0 saturated heterocycles. The van der Waals surface area contributed by atoms with Crippen LogP contribution in [0.3, 0.4) is 0 Å². The number of halogens is 2. The van der Waals surface area contributed by atoms with Crippen LogP contribution in [0.25, 0.3) is 0 Å². The topological polar surface area (TPSA) is 48.1 Å². The van der Waals surface area contributed by atoms with E-state index < -0.39 is 5.82 Å². The average Bonchev–Trinajstić information content (AvgIpc) is 2.64. The predicted molar refractivity (Wildman–Crippen MR) is 60.1 cm³/mol. The van der Waals surface area contributed by atoms with Gasteiger partial charge in [-0.3, -0.25) is 0 Å². The fourth-order valence-corrected chi connectivity index (χ4v) is 2.09. The molecule has 0 spiro atoms. The van der Waals surface area contributed by atoms with E-state index in [1.54, 1.807) is 0 Å². The molecule has 0 aliphatic heterocycles. The Kier molecular flexibility index (Phi) is 3.30. The zero-order valence-electron chi connectivity index (χ0n) is 8.88. The third-order valence-electron chi connectivity index (χ3n) is 2.87. The van der Waals surface area contributed by atoms with E-state index >= 15 is 0 Å². The monoisotopic (exact) mass is 244 g/mol. The Balaban J connectivity index is 1.99. The van der Waals surface area contributed by atoms with Crippen LogP contribution in [0, 0.1) is 5.82 Å². The lowest BCUT2D eigenvalue weighted by Crippen LogP contribution is -2.42. The molecule has 1 aromatic heterocycles. The van der Waals surface area contributed by atoms with Crippen LogP contribution < -0.4 is 10.5 Å². The molecule has 3 nitrogen and oxygen atoms in total. The molecule has 88 valence electrons. The van der Waals surface area contributed by atoms with Crippen molar-refractivity contribution in [3.63, 3.8) is 0 Å². The molecule has 1 heterocycles. The number of hydrogen-bond acceptors (Lipinski definition) is 3. The molecule has 0 amide bonds. The maximum absolute atomic E-state index is 13.3. The summed E-state index contributed by atoms with van der Waals surface area (Å²) in [4.78, 5) is 3.79. The molecular weight excluding hydrogens is 231 g/mol. The van der Waals surface area contributed by atoms with Crippen molar-refractivity contribution in [3.8, 4) is 5.88 Å². The third-order valence-corrected chi connectivity index (χ3v) is 3.08. The molecule has 1 aromatic rings. The van der Waals surface area contributed by atoms with E-state index in [9.17, 15) is 4.39 Å². The standard InChI is InChI=1S/C11H14ClFN2O/c12-8-5-9(13)10(15-6-8)16-7-11(14)3-1-2-4-11/h5-6H,1-4,7,14H2. The summed E-state index contributed by atoms with van der Waals surface area (Å²) >= 11 is 5.59. The van der Waals surface area contributed by atoms with Gasteiger partial charge in [0, 0.05) is 6.20 Å². The smallest absolute Gasteiger partial charge is 0.250 e. The van der Waals surface area contributed by atoms with Gasteiger partial charge in [-0.25, -0.2) is 9.37 Å². The van der Waals surface area contributed by atoms with E-state index in [2.05, 4.69) is 4.98 Å². The Morgan fingerprint density at radius 1 is 1.50 bits per heavy atom. The number of aromatic nitrogens is 1. The minimum absolute atomic E-state index is 0.0267. The quantitative estimate of drug-likeness (QED) is 0.889.